The van der Waals surface area contributed by atoms with Gasteiger partial charge in [0.15, 0.2) is 0 Å². The van der Waals surface area contributed by atoms with Crippen molar-refractivity contribution in [3.05, 3.63) is 0 Å². The SMILES string of the molecule is CCCCCCCC(Cl)[Si](OCC)(OCC)OCC. The molecule has 0 aromatic heterocycles. The minimum absolute atomic E-state index is 0.131. The lowest BCUT2D eigenvalue weighted by molar-refractivity contribution is 0.0680. The Morgan fingerprint density at radius 1 is 0.789 bits per heavy atom. The molecule has 116 valence electrons. The van der Waals surface area contributed by atoms with Gasteiger partial charge >= 0.3 is 8.80 Å². The van der Waals surface area contributed by atoms with Crippen LogP contribution in [0.25, 0.3) is 0 Å². The zero-order chi connectivity index (χ0) is 14.6. The summed E-state index contributed by atoms with van der Waals surface area (Å²) in [5, 5.41) is -0.131. The van der Waals surface area contributed by atoms with Crippen LogP contribution in [0.15, 0.2) is 0 Å². The van der Waals surface area contributed by atoms with Crippen LogP contribution in [0.3, 0.4) is 0 Å². The van der Waals surface area contributed by atoms with Gasteiger partial charge < -0.3 is 13.3 Å². The van der Waals surface area contributed by atoms with Gasteiger partial charge in [-0.1, -0.05) is 39.0 Å². The monoisotopic (exact) mass is 310 g/mol. The fourth-order valence-corrected chi connectivity index (χ4v) is 5.38. The quantitative estimate of drug-likeness (QED) is 0.284. The van der Waals surface area contributed by atoms with Gasteiger partial charge in [-0.2, -0.15) is 0 Å². The average Bonchev–Trinajstić information content (AvgIpc) is 2.39. The largest absolute Gasteiger partial charge is 0.519 e. The van der Waals surface area contributed by atoms with E-state index in [1.165, 1.54) is 25.7 Å². The number of hydrogen-bond donors (Lipinski definition) is 0. The van der Waals surface area contributed by atoms with Gasteiger partial charge in [0.25, 0.3) is 0 Å². The fraction of sp³-hybridized carbons (Fsp3) is 1.00. The Morgan fingerprint density at radius 2 is 1.26 bits per heavy atom. The van der Waals surface area contributed by atoms with E-state index in [4.69, 9.17) is 24.9 Å². The summed E-state index contributed by atoms with van der Waals surface area (Å²) in [5.41, 5.74) is 0. The van der Waals surface area contributed by atoms with Gasteiger partial charge in [0.1, 0.15) is 5.00 Å². The molecule has 0 aliphatic carbocycles. The summed E-state index contributed by atoms with van der Waals surface area (Å²) in [6, 6.07) is 0. The molecule has 0 N–H and O–H groups in total. The highest BCUT2D eigenvalue weighted by atomic mass is 35.5. The molecule has 0 aliphatic heterocycles. The van der Waals surface area contributed by atoms with Gasteiger partial charge in [0.05, 0.1) is 0 Å². The molecule has 0 amide bonds. The van der Waals surface area contributed by atoms with Crippen LogP contribution in [0.1, 0.15) is 66.2 Å². The van der Waals surface area contributed by atoms with Gasteiger partial charge in [-0.05, 0) is 27.2 Å². The van der Waals surface area contributed by atoms with Gasteiger partial charge in [0.2, 0.25) is 0 Å². The van der Waals surface area contributed by atoms with E-state index < -0.39 is 8.80 Å². The minimum Gasteiger partial charge on any atom is -0.373 e. The molecule has 0 rings (SSSR count). The maximum atomic E-state index is 6.54. The second-order valence-corrected chi connectivity index (χ2v) is 8.24. The highest BCUT2D eigenvalue weighted by molar-refractivity contribution is 6.71. The number of halogens is 1. The number of unbranched alkanes of at least 4 members (excludes halogenated alkanes) is 4. The van der Waals surface area contributed by atoms with Gasteiger partial charge in [-0.3, -0.25) is 0 Å². The first kappa shape index (κ1) is 19.4. The lowest BCUT2D eigenvalue weighted by Gasteiger charge is -2.32. The molecule has 5 heteroatoms. The topological polar surface area (TPSA) is 27.7 Å². The second kappa shape index (κ2) is 12.2. The third-order valence-electron chi connectivity index (χ3n) is 2.98. The molecule has 0 saturated heterocycles. The molecular formula is C14H31ClO3Si. The normalized spacial score (nSPS) is 13.7. The predicted octanol–water partition coefficient (Wildman–Crippen LogP) is 4.54. The van der Waals surface area contributed by atoms with Gasteiger partial charge in [-0.25, -0.2) is 0 Å². The second-order valence-electron chi connectivity index (χ2n) is 4.57. The molecule has 0 radical (unpaired) electrons. The first-order chi connectivity index (χ1) is 9.16. The molecule has 0 heterocycles. The lowest BCUT2D eigenvalue weighted by Crippen LogP contribution is -2.54. The molecule has 3 nitrogen and oxygen atoms in total. The Bertz CT molecular complexity index is 188. The summed E-state index contributed by atoms with van der Waals surface area (Å²) in [4.78, 5) is 0. The molecule has 0 aromatic carbocycles. The van der Waals surface area contributed by atoms with E-state index in [2.05, 4.69) is 6.92 Å². The van der Waals surface area contributed by atoms with Crippen LogP contribution in [0.2, 0.25) is 0 Å². The van der Waals surface area contributed by atoms with Crippen molar-refractivity contribution in [3.63, 3.8) is 0 Å². The first-order valence-corrected chi connectivity index (χ1v) is 9.96. The Morgan fingerprint density at radius 3 is 1.68 bits per heavy atom. The molecule has 0 aromatic rings. The molecule has 19 heavy (non-hydrogen) atoms. The van der Waals surface area contributed by atoms with Crippen molar-refractivity contribution in [1.82, 2.24) is 0 Å². The zero-order valence-electron chi connectivity index (χ0n) is 13.0. The standard InChI is InChI=1S/C14H31ClO3Si/c1-5-9-10-11-12-13-14(15)19(16-6-2,17-7-3)18-8-4/h14H,5-13H2,1-4H3. The molecule has 0 bridgehead atoms. The van der Waals surface area contributed by atoms with Gasteiger partial charge in [0, 0.05) is 19.8 Å². The van der Waals surface area contributed by atoms with Crippen molar-refractivity contribution >= 4 is 20.4 Å². The van der Waals surface area contributed by atoms with E-state index in [-0.39, 0.29) is 5.00 Å². The van der Waals surface area contributed by atoms with E-state index in [1.54, 1.807) is 0 Å². The maximum absolute atomic E-state index is 6.54. The third-order valence-corrected chi connectivity index (χ3v) is 7.13. The van der Waals surface area contributed by atoms with Crippen LogP contribution in [0.5, 0.6) is 0 Å². The van der Waals surface area contributed by atoms with E-state index >= 15 is 0 Å². The predicted molar refractivity (Wildman–Crippen MR) is 83.6 cm³/mol. The van der Waals surface area contributed by atoms with Crippen molar-refractivity contribution in [2.45, 2.75) is 71.2 Å². The highest BCUT2D eigenvalue weighted by Crippen LogP contribution is 2.25. The summed E-state index contributed by atoms with van der Waals surface area (Å²) in [6.45, 7) is 9.88. The fourth-order valence-electron chi connectivity index (χ4n) is 2.10. The van der Waals surface area contributed by atoms with Gasteiger partial charge in [-0.15, -0.1) is 11.6 Å². The Balaban J connectivity index is 4.30. The first-order valence-electron chi connectivity index (χ1n) is 7.72. The maximum Gasteiger partial charge on any atom is 0.519 e. The molecule has 1 unspecified atom stereocenters. The van der Waals surface area contributed by atoms with E-state index in [1.807, 2.05) is 20.8 Å². The lowest BCUT2D eigenvalue weighted by atomic mass is 10.1. The third kappa shape index (κ3) is 7.66. The molecule has 0 fully saturated rings. The Kier molecular flexibility index (Phi) is 12.4. The van der Waals surface area contributed by atoms with Crippen LogP contribution in [-0.2, 0) is 13.3 Å². The van der Waals surface area contributed by atoms with E-state index in [0.29, 0.717) is 19.8 Å². The Labute approximate surface area is 125 Å². The van der Waals surface area contributed by atoms with Crippen LogP contribution in [-0.4, -0.2) is 33.6 Å². The van der Waals surface area contributed by atoms with Crippen LogP contribution in [0.4, 0.5) is 0 Å². The number of rotatable bonds is 13. The molecule has 1 atom stereocenters. The number of hydrogen-bond acceptors (Lipinski definition) is 3. The van der Waals surface area contributed by atoms with Crippen molar-refractivity contribution < 1.29 is 13.3 Å². The smallest absolute Gasteiger partial charge is 0.373 e. The van der Waals surface area contributed by atoms with Crippen LogP contribution < -0.4 is 0 Å². The molecule has 0 saturated carbocycles. The Hall–Kier alpha value is 0.387. The molecule has 0 aliphatic rings. The summed E-state index contributed by atoms with van der Waals surface area (Å²) in [7, 11) is -2.70. The molecular weight excluding hydrogens is 280 g/mol. The average molecular weight is 311 g/mol. The van der Waals surface area contributed by atoms with Crippen molar-refractivity contribution in [2.75, 3.05) is 19.8 Å². The van der Waals surface area contributed by atoms with Crippen molar-refractivity contribution in [3.8, 4) is 0 Å². The minimum atomic E-state index is -2.70. The van der Waals surface area contributed by atoms with Crippen LogP contribution >= 0.6 is 11.6 Å². The molecule has 0 spiro atoms. The van der Waals surface area contributed by atoms with Crippen molar-refractivity contribution in [1.29, 1.82) is 0 Å². The van der Waals surface area contributed by atoms with E-state index in [0.717, 1.165) is 12.8 Å². The zero-order valence-corrected chi connectivity index (χ0v) is 14.8. The van der Waals surface area contributed by atoms with Crippen LogP contribution in [0, 0.1) is 0 Å². The summed E-state index contributed by atoms with van der Waals surface area (Å²) >= 11 is 6.54. The van der Waals surface area contributed by atoms with E-state index in [9.17, 15) is 0 Å². The summed E-state index contributed by atoms with van der Waals surface area (Å²) in [5.74, 6) is 0. The highest BCUT2D eigenvalue weighted by Gasteiger charge is 2.48. The summed E-state index contributed by atoms with van der Waals surface area (Å²) < 4.78 is 17.4. The van der Waals surface area contributed by atoms with Crippen molar-refractivity contribution in [2.24, 2.45) is 0 Å². The number of alkyl halides is 1. The summed E-state index contributed by atoms with van der Waals surface area (Å²) in [6.07, 6.45) is 7.11.